The zero-order chi connectivity index (χ0) is 31.0. The van der Waals surface area contributed by atoms with E-state index >= 15 is 0 Å². The Labute approximate surface area is 252 Å². The van der Waals surface area contributed by atoms with Crippen LogP contribution >= 0.6 is 11.8 Å². The highest BCUT2D eigenvalue weighted by molar-refractivity contribution is 7.99. The van der Waals surface area contributed by atoms with Crippen LogP contribution in [0.4, 0.5) is 0 Å². The first-order valence-corrected chi connectivity index (χ1v) is 15.7. The summed E-state index contributed by atoms with van der Waals surface area (Å²) in [4.78, 5) is 39.8. The van der Waals surface area contributed by atoms with Gasteiger partial charge in [0.1, 0.15) is 6.61 Å². The van der Waals surface area contributed by atoms with Crippen LogP contribution < -0.4 is 9.47 Å². The standard InChI is InChI=1S/C30H27N3O8S2/c1-20(34)40-26-15-9-22(19-27(26)41-21(2)35)10-16-28(36)39-17-18-42-30-31-29(33(32-30)24-7-5-4-6-8-24)23-11-13-25(14-12-23)43(3,37)38/h4-16,19H,17-18H2,1-3H3/b16-10+. The first-order valence-electron chi connectivity index (χ1n) is 12.8. The Morgan fingerprint density at radius 1 is 0.907 bits per heavy atom. The molecular formula is C30H27N3O8S2. The van der Waals surface area contributed by atoms with Gasteiger partial charge in [0.2, 0.25) is 5.16 Å². The van der Waals surface area contributed by atoms with Crippen LogP contribution in [0.5, 0.6) is 11.5 Å². The second-order valence-electron chi connectivity index (χ2n) is 9.00. The van der Waals surface area contributed by atoms with Crippen molar-refractivity contribution in [2.45, 2.75) is 23.9 Å². The minimum atomic E-state index is -3.34. The lowest BCUT2D eigenvalue weighted by Gasteiger charge is -2.09. The number of hydrogen-bond acceptors (Lipinski definition) is 11. The number of sulfone groups is 1. The van der Waals surface area contributed by atoms with Crippen molar-refractivity contribution in [2.24, 2.45) is 0 Å². The molecule has 0 aliphatic heterocycles. The van der Waals surface area contributed by atoms with Gasteiger partial charge in [0.05, 0.1) is 10.6 Å². The van der Waals surface area contributed by atoms with Gasteiger partial charge in [0, 0.05) is 37.5 Å². The second kappa shape index (κ2) is 13.9. The first kappa shape index (κ1) is 31.2. The summed E-state index contributed by atoms with van der Waals surface area (Å²) in [5, 5.41) is 5.05. The van der Waals surface area contributed by atoms with Crippen molar-refractivity contribution in [1.82, 2.24) is 14.8 Å². The van der Waals surface area contributed by atoms with Gasteiger partial charge in [-0.25, -0.2) is 22.9 Å². The van der Waals surface area contributed by atoms with Gasteiger partial charge in [-0.05, 0) is 60.2 Å². The Morgan fingerprint density at radius 2 is 1.58 bits per heavy atom. The number of benzene rings is 3. The highest BCUT2D eigenvalue weighted by atomic mass is 32.2. The first-order chi connectivity index (χ1) is 20.5. The van der Waals surface area contributed by atoms with Crippen LogP contribution in [-0.2, 0) is 29.0 Å². The molecule has 0 radical (unpaired) electrons. The lowest BCUT2D eigenvalue weighted by atomic mass is 10.2. The minimum absolute atomic E-state index is 0.0442. The summed E-state index contributed by atoms with van der Waals surface area (Å²) < 4.78 is 40.8. The Morgan fingerprint density at radius 3 is 2.23 bits per heavy atom. The molecule has 0 N–H and O–H groups in total. The summed E-state index contributed by atoms with van der Waals surface area (Å²) in [6.45, 7) is 2.52. The van der Waals surface area contributed by atoms with E-state index in [1.807, 2.05) is 30.3 Å². The Bertz CT molecular complexity index is 1770. The molecule has 11 nitrogen and oxygen atoms in total. The number of rotatable bonds is 11. The molecule has 0 atom stereocenters. The maximum Gasteiger partial charge on any atom is 0.330 e. The van der Waals surface area contributed by atoms with E-state index in [2.05, 4.69) is 10.1 Å². The zero-order valence-corrected chi connectivity index (χ0v) is 25.1. The number of para-hydroxylation sites is 1. The number of aromatic nitrogens is 3. The van der Waals surface area contributed by atoms with E-state index in [0.717, 1.165) is 11.9 Å². The predicted octanol–water partition coefficient (Wildman–Crippen LogP) is 4.54. The SMILES string of the molecule is CC(=O)Oc1ccc(/C=C/C(=O)OCCSc2nc(-c3ccc(S(C)(=O)=O)cc3)n(-c3ccccc3)n2)cc1OC(C)=O. The van der Waals surface area contributed by atoms with Crippen molar-refractivity contribution < 1.29 is 37.0 Å². The van der Waals surface area contributed by atoms with Crippen molar-refractivity contribution in [2.75, 3.05) is 18.6 Å². The number of nitrogens with zero attached hydrogens (tertiary/aromatic N) is 3. The number of hydrogen-bond donors (Lipinski definition) is 0. The van der Waals surface area contributed by atoms with Crippen LogP contribution in [0.2, 0.25) is 0 Å². The third kappa shape index (κ3) is 8.87. The molecule has 4 rings (SSSR count). The maximum atomic E-state index is 12.3. The molecule has 0 bridgehead atoms. The number of ether oxygens (including phenoxy) is 3. The quantitative estimate of drug-likeness (QED) is 0.0766. The lowest BCUT2D eigenvalue weighted by molar-refractivity contribution is -0.137. The fraction of sp³-hybridized carbons (Fsp3) is 0.167. The molecule has 222 valence electrons. The van der Waals surface area contributed by atoms with Gasteiger partial charge in [0.15, 0.2) is 27.2 Å². The monoisotopic (exact) mass is 621 g/mol. The maximum absolute atomic E-state index is 12.3. The molecule has 0 unspecified atom stereocenters. The predicted molar refractivity (Wildman–Crippen MR) is 160 cm³/mol. The summed E-state index contributed by atoms with van der Waals surface area (Å²) in [7, 11) is -3.34. The molecule has 0 spiro atoms. The van der Waals surface area contributed by atoms with Gasteiger partial charge >= 0.3 is 17.9 Å². The van der Waals surface area contributed by atoms with Crippen molar-refractivity contribution in [3.8, 4) is 28.6 Å². The van der Waals surface area contributed by atoms with Gasteiger partial charge in [-0.15, -0.1) is 5.10 Å². The third-order valence-corrected chi connectivity index (χ3v) is 7.51. The van der Waals surface area contributed by atoms with Crippen molar-refractivity contribution in [3.05, 3.63) is 84.4 Å². The van der Waals surface area contributed by atoms with Gasteiger partial charge in [-0.3, -0.25) is 9.59 Å². The van der Waals surface area contributed by atoms with Crippen LogP contribution in [0, 0.1) is 0 Å². The largest absolute Gasteiger partial charge is 0.462 e. The molecule has 0 aliphatic rings. The van der Waals surface area contributed by atoms with Gasteiger partial charge in [-0.2, -0.15) is 0 Å². The second-order valence-corrected chi connectivity index (χ2v) is 12.1. The van der Waals surface area contributed by atoms with Crippen LogP contribution in [0.3, 0.4) is 0 Å². The lowest BCUT2D eigenvalue weighted by Crippen LogP contribution is -2.07. The van der Waals surface area contributed by atoms with Crippen molar-refractivity contribution in [1.29, 1.82) is 0 Å². The summed E-state index contributed by atoms with van der Waals surface area (Å²) >= 11 is 1.29. The van der Waals surface area contributed by atoms with E-state index in [1.54, 1.807) is 22.9 Å². The Balaban J connectivity index is 1.39. The zero-order valence-electron chi connectivity index (χ0n) is 23.4. The molecule has 0 saturated heterocycles. The van der Waals surface area contributed by atoms with E-state index < -0.39 is 27.7 Å². The van der Waals surface area contributed by atoms with Gasteiger partial charge in [0.25, 0.3) is 0 Å². The molecule has 0 saturated carbocycles. The molecule has 43 heavy (non-hydrogen) atoms. The molecule has 1 aromatic heterocycles. The molecule has 13 heteroatoms. The highest BCUT2D eigenvalue weighted by Gasteiger charge is 2.16. The summed E-state index contributed by atoms with van der Waals surface area (Å²) in [6, 6.07) is 20.3. The average molecular weight is 622 g/mol. The van der Waals surface area contributed by atoms with E-state index in [1.165, 1.54) is 62.0 Å². The molecular weight excluding hydrogens is 594 g/mol. The smallest absolute Gasteiger partial charge is 0.330 e. The highest BCUT2D eigenvalue weighted by Crippen LogP contribution is 2.30. The molecule has 4 aromatic rings. The van der Waals surface area contributed by atoms with Crippen molar-refractivity contribution in [3.63, 3.8) is 0 Å². The number of carbonyl (C=O) groups excluding carboxylic acids is 3. The normalized spacial score (nSPS) is 11.3. The Kier molecular flexibility index (Phi) is 10.1. The molecule has 1 heterocycles. The fourth-order valence-corrected chi connectivity index (χ4v) is 5.00. The van der Waals surface area contributed by atoms with Crippen LogP contribution in [0.15, 0.2) is 88.9 Å². The van der Waals surface area contributed by atoms with Gasteiger partial charge in [-0.1, -0.05) is 36.0 Å². The molecule has 3 aromatic carbocycles. The van der Waals surface area contributed by atoms with E-state index in [9.17, 15) is 22.8 Å². The van der Waals surface area contributed by atoms with Crippen LogP contribution in [-0.4, -0.2) is 59.7 Å². The fourth-order valence-electron chi connectivity index (χ4n) is 3.73. The van der Waals surface area contributed by atoms with Crippen LogP contribution in [0.25, 0.3) is 23.2 Å². The summed E-state index contributed by atoms with van der Waals surface area (Å²) in [5.41, 5.74) is 1.98. The summed E-state index contributed by atoms with van der Waals surface area (Å²) in [6.07, 6.45) is 3.85. The minimum Gasteiger partial charge on any atom is -0.462 e. The molecule has 0 aliphatic carbocycles. The molecule has 0 amide bonds. The van der Waals surface area contributed by atoms with Gasteiger partial charge < -0.3 is 14.2 Å². The van der Waals surface area contributed by atoms with E-state index in [-0.39, 0.29) is 23.0 Å². The number of carbonyl (C=O) groups is 3. The number of thioether (sulfide) groups is 1. The van der Waals surface area contributed by atoms with E-state index in [4.69, 9.17) is 14.2 Å². The topological polar surface area (TPSA) is 144 Å². The summed E-state index contributed by atoms with van der Waals surface area (Å²) in [5.74, 6) is -0.723. The van der Waals surface area contributed by atoms with E-state index in [0.29, 0.717) is 27.9 Å². The Hall–Kier alpha value is -4.75. The van der Waals surface area contributed by atoms with Crippen molar-refractivity contribution >= 4 is 45.6 Å². The average Bonchev–Trinajstić information content (AvgIpc) is 3.39. The molecule has 0 fully saturated rings. The van der Waals surface area contributed by atoms with Crippen LogP contribution in [0.1, 0.15) is 19.4 Å². The number of esters is 3. The third-order valence-electron chi connectivity index (χ3n) is 5.57.